The number of hydrogen-bond donors (Lipinski definition) is 0. The highest BCUT2D eigenvalue weighted by Gasteiger charge is 2.16. The number of carbonyl (C=O) groups excluding carboxylic acids is 1. The average Bonchev–Trinajstić information content (AvgIpc) is 2.55. The van der Waals surface area contributed by atoms with Gasteiger partial charge in [-0.3, -0.25) is 4.68 Å². The number of aromatic nitrogens is 2. The van der Waals surface area contributed by atoms with Crippen LogP contribution in [0.1, 0.15) is 45.5 Å². The van der Waals surface area contributed by atoms with Crippen molar-refractivity contribution in [2.75, 3.05) is 0 Å². The van der Waals surface area contributed by atoms with Crippen LogP contribution in [0.5, 0.6) is 0 Å². The van der Waals surface area contributed by atoms with Gasteiger partial charge in [-0.1, -0.05) is 13.8 Å². The van der Waals surface area contributed by atoms with Crippen LogP contribution in [0, 0.1) is 5.92 Å². The number of aryl methyl sites for hydroxylation is 2. The molecule has 0 aromatic carbocycles. The molecule has 1 heterocycles. The van der Waals surface area contributed by atoms with Crippen LogP contribution in [0.2, 0.25) is 0 Å². The molecule has 0 saturated heterocycles. The molecule has 0 aliphatic carbocycles. The zero-order valence-corrected chi connectivity index (χ0v) is 12.7. The van der Waals surface area contributed by atoms with Gasteiger partial charge in [0, 0.05) is 13.0 Å². The van der Waals surface area contributed by atoms with E-state index in [0.717, 1.165) is 29.6 Å². The molecule has 1 aromatic rings. The number of carbonyl (C=O) groups is 1. The SMILES string of the molecule is CCc1nn(CC)c(CC(C)CC(C)=O)c1Br. The van der Waals surface area contributed by atoms with Gasteiger partial charge in [-0.05, 0) is 48.5 Å². The number of ketones is 1. The Morgan fingerprint density at radius 3 is 2.59 bits per heavy atom. The fourth-order valence-electron chi connectivity index (χ4n) is 2.11. The molecule has 1 rings (SSSR count). The minimum Gasteiger partial charge on any atom is -0.300 e. The van der Waals surface area contributed by atoms with E-state index in [1.807, 2.05) is 4.68 Å². The molecule has 0 radical (unpaired) electrons. The highest BCUT2D eigenvalue weighted by atomic mass is 79.9. The molecular formula is C13H21BrN2O. The maximum atomic E-state index is 11.1. The van der Waals surface area contributed by atoms with Crippen molar-refractivity contribution in [3.05, 3.63) is 15.9 Å². The molecule has 0 saturated carbocycles. The summed E-state index contributed by atoms with van der Waals surface area (Å²) in [7, 11) is 0. The fourth-order valence-corrected chi connectivity index (χ4v) is 2.83. The molecule has 0 fully saturated rings. The molecule has 1 aromatic heterocycles. The standard InChI is InChI=1S/C13H21BrN2O/c1-5-11-13(14)12(16(6-2)15-11)8-9(3)7-10(4)17/h9H,5-8H2,1-4H3. The largest absolute Gasteiger partial charge is 0.300 e. The summed E-state index contributed by atoms with van der Waals surface area (Å²) in [6.45, 7) is 8.85. The monoisotopic (exact) mass is 300 g/mol. The van der Waals surface area contributed by atoms with Gasteiger partial charge < -0.3 is 4.79 Å². The van der Waals surface area contributed by atoms with Crippen molar-refractivity contribution in [1.29, 1.82) is 0 Å². The maximum Gasteiger partial charge on any atom is 0.130 e. The first-order valence-corrected chi connectivity index (χ1v) is 7.02. The lowest BCUT2D eigenvalue weighted by Gasteiger charge is -2.11. The average molecular weight is 301 g/mol. The van der Waals surface area contributed by atoms with E-state index in [0.29, 0.717) is 12.3 Å². The summed E-state index contributed by atoms with van der Waals surface area (Å²) in [5, 5.41) is 4.56. The second-order valence-electron chi connectivity index (χ2n) is 4.59. The topological polar surface area (TPSA) is 34.9 Å². The molecule has 0 amide bonds. The molecule has 17 heavy (non-hydrogen) atoms. The van der Waals surface area contributed by atoms with Gasteiger partial charge in [0.25, 0.3) is 0 Å². The first kappa shape index (κ1) is 14.4. The van der Waals surface area contributed by atoms with Gasteiger partial charge in [0.05, 0.1) is 15.9 Å². The summed E-state index contributed by atoms with van der Waals surface area (Å²) in [5.74, 6) is 0.627. The summed E-state index contributed by atoms with van der Waals surface area (Å²) in [5.41, 5.74) is 2.33. The summed E-state index contributed by atoms with van der Waals surface area (Å²) in [6.07, 6.45) is 2.48. The maximum absolute atomic E-state index is 11.1. The Labute approximate surface area is 112 Å². The summed E-state index contributed by atoms with van der Waals surface area (Å²) < 4.78 is 3.16. The number of nitrogens with zero attached hydrogens (tertiary/aromatic N) is 2. The number of rotatable bonds is 6. The Bertz CT molecular complexity index is 398. The first-order valence-electron chi connectivity index (χ1n) is 6.23. The molecule has 0 spiro atoms. The summed E-state index contributed by atoms with van der Waals surface area (Å²) >= 11 is 3.63. The normalized spacial score (nSPS) is 12.8. The van der Waals surface area contributed by atoms with E-state index in [-0.39, 0.29) is 5.78 Å². The fraction of sp³-hybridized carbons (Fsp3) is 0.692. The lowest BCUT2D eigenvalue weighted by Crippen LogP contribution is -2.10. The van der Waals surface area contributed by atoms with Crippen molar-refractivity contribution in [2.45, 2.75) is 53.5 Å². The van der Waals surface area contributed by atoms with Crippen LogP contribution >= 0.6 is 15.9 Å². The zero-order chi connectivity index (χ0) is 13.0. The van der Waals surface area contributed by atoms with Crippen LogP contribution in [0.3, 0.4) is 0 Å². The lowest BCUT2D eigenvalue weighted by molar-refractivity contribution is -0.117. The third kappa shape index (κ3) is 3.66. The Morgan fingerprint density at radius 1 is 1.47 bits per heavy atom. The van der Waals surface area contributed by atoms with Gasteiger partial charge in [-0.15, -0.1) is 0 Å². The van der Waals surface area contributed by atoms with E-state index in [2.05, 4.69) is 41.8 Å². The molecular weight excluding hydrogens is 280 g/mol. The van der Waals surface area contributed by atoms with E-state index in [9.17, 15) is 4.79 Å². The van der Waals surface area contributed by atoms with E-state index in [4.69, 9.17) is 0 Å². The Hall–Kier alpha value is -0.640. The zero-order valence-electron chi connectivity index (χ0n) is 11.1. The van der Waals surface area contributed by atoms with Gasteiger partial charge in [-0.25, -0.2) is 0 Å². The number of Topliss-reactive ketones (excluding diaryl/α,β-unsaturated/α-hetero) is 1. The minimum atomic E-state index is 0.256. The van der Waals surface area contributed by atoms with Crippen molar-refractivity contribution in [2.24, 2.45) is 5.92 Å². The van der Waals surface area contributed by atoms with Crippen molar-refractivity contribution in [1.82, 2.24) is 9.78 Å². The van der Waals surface area contributed by atoms with Crippen molar-refractivity contribution >= 4 is 21.7 Å². The number of halogens is 1. The van der Waals surface area contributed by atoms with Gasteiger partial charge in [0.2, 0.25) is 0 Å². The summed E-state index contributed by atoms with van der Waals surface area (Å²) in [6, 6.07) is 0. The molecule has 0 aliphatic heterocycles. The van der Waals surface area contributed by atoms with Crippen LogP contribution in [0.4, 0.5) is 0 Å². The van der Waals surface area contributed by atoms with Crippen LogP contribution in [-0.2, 0) is 24.2 Å². The second-order valence-corrected chi connectivity index (χ2v) is 5.39. The minimum absolute atomic E-state index is 0.256. The predicted octanol–water partition coefficient (Wildman–Crippen LogP) is 3.39. The quantitative estimate of drug-likeness (QED) is 0.807. The van der Waals surface area contributed by atoms with Gasteiger partial charge in [0.1, 0.15) is 5.78 Å². The molecule has 96 valence electrons. The highest BCUT2D eigenvalue weighted by Crippen LogP contribution is 2.25. The molecule has 3 nitrogen and oxygen atoms in total. The molecule has 0 aliphatic rings. The van der Waals surface area contributed by atoms with Crippen molar-refractivity contribution in [3.8, 4) is 0 Å². The molecule has 4 heteroatoms. The van der Waals surface area contributed by atoms with Gasteiger partial charge >= 0.3 is 0 Å². The van der Waals surface area contributed by atoms with Crippen LogP contribution in [0.25, 0.3) is 0 Å². The number of hydrogen-bond acceptors (Lipinski definition) is 2. The van der Waals surface area contributed by atoms with Crippen LogP contribution < -0.4 is 0 Å². The van der Waals surface area contributed by atoms with Crippen LogP contribution in [-0.4, -0.2) is 15.6 Å². The molecule has 1 atom stereocenters. The Kier molecular flexibility index (Phi) is 5.37. The third-order valence-corrected chi connectivity index (χ3v) is 3.79. The molecule has 1 unspecified atom stereocenters. The lowest BCUT2D eigenvalue weighted by atomic mass is 9.99. The van der Waals surface area contributed by atoms with E-state index >= 15 is 0 Å². The summed E-state index contributed by atoms with van der Waals surface area (Å²) in [4.78, 5) is 11.1. The Balaban J connectivity index is 2.88. The van der Waals surface area contributed by atoms with Crippen molar-refractivity contribution in [3.63, 3.8) is 0 Å². The van der Waals surface area contributed by atoms with E-state index in [1.165, 1.54) is 5.69 Å². The predicted molar refractivity (Wildman–Crippen MR) is 73.1 cm³/mol. The van der Waals surface area contributed by atoms with E-state index < -0.39 is 0 Å². The third-order valence-electron chi connectivity index (χ3n) is 2.87. The van der Waals surface area contributed by atoms with Crippen LogP contribution in [0.15, 0.2) is 4.47 Å². The highest BCUT2D eigenvalue weighted by molar-refractivity contribution is 9.10. The second kappa shape index (κ2) is 6.34. The smallest absolute Gasteiger partial charge is 0.130 e. The van der Waals surface area contributed by atoms with Gasteiger partial charge in [0.15, 0.2) is 0 Å². The Morgan fingerprint density at radius 2 is 2.12 bits per heavy atom. The van der Waals surface area contributed by atoms with E-state index in [1.54, 1.807) is 6.92 Å². The van der Waals surface area contributed by atoms with Crippen molar-refractivity contribution < 1.29 is 4.79 Å². The van der Waals surface area contributed by atoms with Gasteiger partial charge in [-0.2, -0.15) is 5.10 Å². The first-order chi connectivity index (χ1) is 7.99. The molecule has 0 bridgehead atoms. The molecule has 0 N–H and O–H groups in total.